The SMILES string of the molecule is C/C=C(\C)C(=O)N1CCC([C@@H](Cc2ccccc2)N(C)C(=O)CN(C)C)CC1. The van der Waals surface area contributed by atoms with Crippen LogP contribution in [0.4, 0.5) is 0 Å². The van der Waals surface area contributed by atoms with Crippen LogP contribution in [0.25, 0.3) is 0 Å². The van der Waals surface area contributed by atoms with Crippen molar-refractivity contribution in [3.63, 3.8) is 0 Å². The second kappa shape index (κ2) is 10.4. The summed E-state index contributed by atoms with van der Waals surface area (Å²) in [7, 11) is 5.78. The standard InChI is InChI=1S/C23H35N3O2/c1-6-18(2)23(28)26-14-12-20(13-15-26)21(16-19-10-8-7-9-11-19)25(5)22(27)17-24(3)4/h6-11,20-21H,12-17H2,1-5H3/b18-6+/t21-/m1/s1. The third-order valence-electron chi connectivity index (χ3n) is 5.77. The number of benzene rings is 1. The molecule has 5 heteroatoms. The van der Waals surface area contributed by atoms with Crippen LogP contribution in [0.3, 0.4) is 0 Å². The van der Waals surface area contributed by atoms with Gasteiger partial charge < -0.3 is 14.7 Å². The van der Waals surface area contributed by atoms with Crippen molar-refractivity contribution >= 4 is 11.8 Å². The molecule has 1 aliphatic rings. The van der Waals surface area contributed by atoms with Crippen LogP contribution in [0.1, 0.15) is 32.3 Å². The highest BCUT2D eigenvalue weighted by Crippen LogP contribution is 2.27. The van der Waals surface area contributed by atoms with Crippen molar-refractivity contribution in [3.05, 3.63) is 47.5 Å². The van der Waals surface area contributed by atoms with Crippen LogP contribution in [0.15, 0.2) is 42.0 Å². The molecule has 0 saturated carbocycles. The van der Waals surface area contributed by atoms with Crippen molar-refractivity contribution in [3.8, 4) is 0 Å². The third-order valence-corrected chi connectivity index (χ3v) is 5.77. The van der Waals surface area contributed by atoms with E-state index in [1.807, 2.05) is 61.8 Å². The van der Waals surface area contributed by atoms with E-state index in [9.17, 15) is 9.59 Å². The lowest BCUT2D eigenvalue weighted by molar-refractivity contribution is -0.135. The van der Waals surface area contributed by atoms with Gasteiger partial charge >= 0.3 is 0 Å². The molecule has 5 nitrogen and oxygen atoms in total. The zero-order valence-corrected chi connectivity index (χ0v) is 18.0. The van der Waals surface area contributed by atoms with Gasteiger partial charge in [0, 0.05) is 31.8 Å². The minimum Gasteiger partial charge on any atom is -0.341 e. The molecule has 2 amide bonds. The lowest BCUT2D eigenvalue weighted by Gasteiger charge is -2.40. The second-order valence-corrected chi connectivity index (χ2v) is 8.10. The second-order valence-electron chi connectivity index (χ2n) is 8.10. The van der Waals surface area contributed by atoms with Gasteiger partial charge in [-0.1, -0.05) is 36.4 Å². The average molecular weight is 386 g/mol. The first-order valence-electron chi connectivity index (χ1n) is 10.2. The summed E-state index contributed by atoms with van der Waals surface area (Å²) in [5, 5.41) is 0. The molecule has 1 fully saturated rings. The Labute approximate surface area is 170 Å². The van der Waals surface area contributed by atoms with E-state index >= 15 is 0 Å². The Bertz CT molecular complexity index is 676. The molecule has 2 rings (SSSR count). The molecule has 0 unspecified atom stereocenters. The van der Waals surface area contributed by atoms with Crippen LogP contribution >= 0.6 is 0 Å². The number of amides is 2. The van der Waals surface area contributed by atoms with E-state index in [-0.39, 0.29) is 17.9 Å². The molecule has 0 aromatic heterocycles. The summed E-state index contributed by atoms with van der Waals surface area (Å²) >= 11 is 0. The third kappa shape index (κ3) is 5.93. The first-order chi connectivity index (χ1) is 13.3. The van der Waals surface area contributed by atoms with Gasteiger partial charge in [-0.3, -0.25) is 9.59 Å². The van der Waals surface area contributed by atoms with Crippen LogP contribution in [-0.4, -0.2) is 73.3 Å². The molecule has 1 aliphatic heterocycles. The summed E-state index contributed by atoms with van der Waals surface area (Å²) in [6.07, 6.45) is 4.59. The molecule has 0 spiro atoms. The van der Waals surface area contributed by atoms with Crippen LogP contribution in [0.2, 0.25) is 0 Å². The van der Waals surface area contributed by atoms with Gasteiger partial charge in [-0.2, -0.15) is 0 Å². The predicted molar refractivity (Wildman–Crippen MR) is 114 cm³/mol. The molecule has 0 N–H and O–H groups in total. The monoisotopic (exact) mass is 385 g/mol. The average Bonchev–Trinajstić information content (AvgIpc) is 2.70. The molecule has 1 aromatic rings. The van der Waals surface area contributed by atoms with Crippen molar-refractivity contribution in [2.75, 3.05) is 40.8 Å². The van der Waals surface area contributed by atoms with Crippen molar-refractivity contribution in [2.45, 2.75) is 39.2 Å². The highest BCUT2D eigenvalue weighted by Gasteiger charge is 2.32. The lowest BCUT2D eigenvalue weighted by atomic mass is 9.84. The number of hydrogen-bond donors (Lipinski definition) is 0. The van der Waals surface area contributed by atoms with Crippen LogP contribution in [0, 0.1) is 5.92 Å². The molecule has 28 heavy (non-hydrogen) atoms. The Kier molecular flexibility index (Phi) is 8.24. The van der Waals surface area contributed by atoms with Gasteiger partial charge in [0.15, 0.2) is 0 Å². The van der Waals surface area contributed by atoms with Crippen LogP contribution in [-0.2, 0) is 16.0 Å². The minimum atomic E-state index is 0.137. The topological polar surface area (TPSA) is 43.9 Å². The van der Waals surface area contributed by atoms with E-state index in [0.29, 0.717) is 12.5 Å². The van der Waals surface area contributed by atoms with E-state index in [2.05, 4.69) is 24.3 Å². The maximum absolute atomic E-state index is 12.7. The lowest BCUT2D eigenvalue weighted by Crippen LogP contribution is -2.50. The van der Waals surface area contributed by atoms with Crippen LogP contribution < -0.4 is 0 Å². The summed E-state index contributed by atoms with van der Waals surface area (Å²) in [4.78, 5) is 31.0. The molecule has 0 aliphatic carbocycles. The maximum Gasteiger partial charge on any atom is 0.249 e. The number of nitrogens with zero attached hydrogens (tertiary/aromatic N) is 3. The molecule has 1 aromatic carbocycles. The molecular weight excluding hydrogens is 350 g/mol. The van der Waals surface area contributed by atoms with E-state index in [1.165, 1.54) is 5.56 Å². The van der Waals surface area contributed by atoms with Gasteiger partial charge in [0.2, 0.25) is 11.8 Å². The molecular formula is C23H35N3O2. The Balaban J connectivity index is 2.11. The van der Waals surface area contributed by atoms with E-state index in [1.54, 1.807) is 0 Å². The zero-order valence-electron chi connectivity index (χ0n) is 18.0. The molecule has 0 bridgehead atoms. The maximum atomic E-state index is 12.7. The first kappa shape index (κ1) is 22.2. The van der Waals surface area contributed by atoms with Crippen molar-refractivity contribution in [2.24, 2.45) is 5.92 Å². The van der Waals surface area contributed by atoms with Gasteiger partial charge in [0.05, 0.1) is 6.54 Å². The van der Waals surface area contributed by atoms with Crippen LogP contribution in [0.5, 0.6) is 0 Å². The van der Waals surface area contributed by atoms with E-state index in [4.69, 9.17) is 0 Å². The quantitative estimate of drug-likeness (QED) is 0.678. The van der Waals surface area contributed by atoms with Gasteiger partial charge in [-0.25, -0.2) is 0 Å². The number of rotatable bonds is 7. The zero-order chi connectivity index (χ0) is 20.7. The normalized spacial score (nSPS) is 16.9. The smallest absolute Gasteiger partial charge is 0.249 e. The summed E-state index contributed by atoms with van der Waals surface area (Å²) in [5.74, 6) is 0.679. The summed E-state index contributed by atoms with van der Waals surface area (Å²) in [6, 6.07) is 10.5. The fraction of sp³-hybridized carbons (Fsp3) is 0.565. The van der Waals surface area contributed by atoms with Crippen molar-refractivity contribution in [1.82, 2.24) is 14.7 Å². The number of piperidine rings is 1. The Morgan fingerprint density at radius 3 is 2.29 bits per heavy atom. The fourth-order valence-electron chi connectivity index (χ4n) is 3.90. The Morgan fingerprint density at radius 1 is 1.14 bits per heavy atom. The number of carbonyl (C=O) groups excluding carboxylic acids is 2. The van der Waals surface area contributed by atoms with E-state index in [0.717, 1.165) is 37.9 Å². The molecule has 1 saturated heterocycles. The molecule has 154 valence electrons. The molecule has 1 heterocycles. The number of allylic oxidation sites excluding steroid dienone is 1. The van der Waals surface area contributed by atoms with Gasteiger partial charge in [0.1, 0.15) is 0 Å². The predicted octanol–water partition coefficient (Wildman–Crippen LogP) is 2.82. The van der Waals surface area contributed by atoms with Crippen molar-refractivity contribution < 1.29 is 9.59 Å². The largest absolute Gasteiger partial charge is 0.341 e. The van der Waals surface area contributed by atoms with Gasteiger partial charge in [-0.05, 0) is 58.7 Å². The summed E-state index contributed by atoms with van der Waals surface area (Å²) in [5.41, 5.74) is 2.05. The number of hydrogen-bond acceptors (Lipinski definition) is 3. The Hall–Kier alpha value is -2.14. The molecule has 0 radical (unpaired) electrons. The summed E-state index contributed by atoms with van der Waals surface area (Å²) in [6.45, 7) is 5.71. The van der Waals surface area contributed by atoms with E-state index < -0.39 is 0 Å². The molecule has 1 atom stereocenters. The minimum absolute atomic E-state index is 0.137. The van der Waals surface area contributed by atoms with Gasteiger partial charge in [-0.15, -0.1) is 0 Å². The Morgan fingerprint density at radius 2 is 1.75 bits per heavy atom. The van der Waals surface area contributed by atoms with Gasteiger partial charge in [0.25, 0.3) is 0 Å². The fourth-order valence-corrected chi connectivity index (χ4v) is 3.90. The first-order valence-corrected chi connectivity index (χ1v) is 10.2. The highest BCUT2D eigenvalue weighted by molar-refractivity contribution is 5.92. The number of likely N-dealkylation sites (N-methyl/N-ethyl adjacent to an activating group) is 2. The number of likely N-dealkylation sites (tertiary alicyclic amines) is 1. The van der Waals surface area contributed by atoms with Crippen molar-refractivity contribution in [1.29, 1.82) is 0 Å². The number of carbonyl (C=O) groups is 2. The summed E-state index contributed by atoms with van der Waals surface area (Å²) < 4.78 is 0. The highest BCUT2D eigenvalue weighted by atomic mass is 16.2.